The molecule has 3 aromatic rings. The lowest BCUT2D eigenvalue weighted by molar-refractivity contribution is -0.384. The van der Waals surface area contributed by atoms with Crippen LogP contribution in [0.25, 0.3) is 5.69 Å². The Kier molecular flexibility index (Phi) is 6.52. The Morgan fingerprint density at radius 2 is 1.84 bits per heavy atom. The third-order valence-electron chi connectivity index (χ3n) is 5.37. The first-order chi connectivity index (χ1) is 15.5. The highest BCUT2D eigenvalue weighted by Crippen LogP contribution is 2.22. The third kappa shape index (κ3) is 4.98. The fraction of sp³-hybridized carbons (Fsp3) is 0.273. The maximum Gasteiger partial charge on any atom is 0.269 e. The molecule has 1 unspecified atom stereocenters. The molecule has 2 heterocycles. The minimum absolute atomic E-state index is 0.0196. The highest BCUT2D eigenvalue weighted by atomic mass is 19.1. The van der Waals surface area contributed by atoms with Crippen molar-refractivity contribution in [1.29, 1.82) is 0 Å². The molecule has 1 aromatic heterocycles. The molecule has 1 N–H and O–H groups in total. The number of carbonyl (C=O) groups is 1. The van der Waals surface area contributed by atoms with Crippen LogP contribution in [-0.2, 0) is 4.74 Å². The standard InChI is InChI=1S/C22H22FN5O4/c23-18-3-1-16(2-4-18)21(26-9-11-32-12-10-26)14-24-22(29)17-13-25-27(15-17)19-5-7-20(8-6-19)28(30)31/h1-8,13,15,21H,9-12,14H2,(H,24,29). The monoisotopic (exact) mass is 439 g/mol. The molecule has 9 nitrogen and oxygen atoms in total. The maximum absolute atomic E-state index is 13.4. The van der Waals surface area contributed by atoms with E-state index < -0.39 is 4.92 Å². The van der Waals surface area contributed by atoms with Crippen LogP contribution in [0.5, 0.6) is 0 Å². The molecule has 4 rings (SSSR count). The van der Waals surface area contributed by atoms with Crippen LogP contribution in [0, 0.1) is 15.9 Å². The summed E-state index contributed by atoms with van der Waals surface area (Å²) >= 11 is 0. The molecule has 1 aliphatic rings. The lowest BCUT2D eigenvalue weighted by Gasteiger charge is -2.34. The van der Waals surface area contributed by atoms with E-state index in [1.54, 1.807) is 30.5 Å². The predicted octanol–water partition coefficient (Wildman–Crippen LogP) is 2.72. The molecule has 10 heteroatoms. The number of hydrogen-bond acceptors (Lipinski definition) is 6. The molecule has 1 atom stereocenters. The number of morpholine rings is 1. The summed E-state index contributed by atoms with van der Waals surface area (Å²) in [6.45, 7) is 2.99. The Hall–Kier alpha value is -3.63. The number of nitro groups is 1. The highest BCUT2D eigenvalue weighted by Gasteiger charge is 2.24. The molecule has 0 spiro atoms. The fourth-order valence-electron chi connectivity index (χ4n) is 3.63. The van der Waals surface area contributed by atoms with Crippen molar-refractivity contribution in [2.75, 3.05) is 32.8 Å². The average Bonchev–Trinajstić information content (AvgIpc) is 3.31. The summed E-state index contributed by atoms with van der Waals surface area (Å²) < 4.78 is 20.3. The van der Waals surface area contributed by atoms with Crippen molar-refractivity contribution in [2.45, 2.75) is 6.04 Å². The normalized spacial score (nSPS) is 15.3. The lowest BCUT2D eigenvalue weighted by Crippen LogP contribution is -2.43. The first kappa shape index (κ1) is 21.6. The molecule has 1 amide bonds. The van der Waals surface area contributed by atoms with Crippen molar-refractivity contribution in [2.24, 2.45) is 0 Å². The molecular weight excluding hydrogens is 417 g/mol. The van der Waals surface area contributed by atoms with Gasteiger partial charge < -0.3 is 10.1 Å². The van der Waals surface area contributed by atoms with Gasteiger partial charge in [0.15, 0.2) is 0 Å². The van der Waals surface area contributed by atoms with E-state index in [0.29, 0.717) is 31.0 Å². The van der Waals surface area contributed by atoms with E-state index in [2.05, 4.69) is 15.3 Å². The van der Waals surface area contributed by atoms with Crippen LogP contribution in [0.2, 0.25) is 0 Å². The number of carbonyl (C=O) groups excluding carboxylic acids is 1. The summed E-state index contributed by atoms with van der Waals surface area (Å²) in [6, 6.07) is 12.1. The van der Waals surface area contributed by atoms with Crippen LogP contribution in [-0.4, -0.2) is 58.4 Å². The van der Waals surface area contributed by atoms with E-state index in [0.717, 1.165) is 18.7 Å². The number of aromatic nitrogens is 2. The zero-order valence-corrected chi connectivity index (χ0v) is 17.2. The van der Waals surface area contributed by atoms with Gasteiger partial charge in [0.25, 0.3) is 11.6 Å². The van der Waals surface area contributed by atoms with Gasteiger partial charge in [0, 0.05) is 38.0 Å². The largest absolute Gasteiger partial charge is 0.379 e. The summed E-state index contributed by atoms with van der Waals surface area (Å²) in [5.74, 6) is -0.601. The Bertz CT molecular complexity index is 1080. The zero-order valence-electron chi connectivity index (χ0n) is 17.2. The van der Waals surface area contributed by atoms with Crippen molar-refractivity contribution in [3.05, 3.63) is 88.0 Å². The number of hydrogen-bond donors (Lipinski definition) is 1. The van der Waals surface area contributed by atoms with Crippen LogP contribution >= 0.6 is 0 Å². The van der Waals surface area contributed by atoms with Crippen molar-refractivity contribution >= 4 is 11.6 Å². The minimum Gasteiger partial charge on any atom is -0.379 e. The summed E-state index contributed by atoms with van der Waals surface area (Å²) in [5.41, 5.74) is 1.86. The van der Waals surface area contributed by atoms with Gasteiger partial charge in [0.2, 0.25) is 0 Å². The quantitative estimate of drug-likeness (QED) is 0.449. The van der Waals surface area contributed by atoms with Gasteiger partial charge in [-0.1, -0.05) is 12.1 Å². The number of non-ortho nitro benzene ring substituents is 1. The smallest absolute Gasteiger partial charge is 0.269 e. The van der Waals surface area contributed by atoms with Gasteiger partial charge in [-0.2, -0.15) is 5.10 Å². The first-order valence-corrected chi connectivity index (χ1v) is 10.2. The predicted molar refractivity (Wildman–Crippen MR) is 114 cm³/mol. The van der Waals surface area contributed by atoms with Crippen molar-refractivity contribution < 1.29 is 18.8 Å². The van der Waals surface area contributed by atoms with Gasteiger partial charge in [-0.15, -0.1) is 0 Å². The Morgan fingerprint density at radius 3 is 2.50 bits per heavy atom. The zero-order chi connectivity index (χ0) is 22.5. The molecule has 32 heavy (non-hydrogen) atoms. The molecule has 0 aliphatic carbocycles. The van der Waals surface area contributed by atoms with Crippen LogP contribution in [0.15, 0.2) is 60.9 Å². The number of amides is 1. The number of benzene rings is 2. The lowest BCUT2D eigenvalue weighted by atomic mass is 10.0. The first-order valence-electron chi connectivity index (χ1n) is 10.2. The average molecular weight is 439 g/mol. The number of nitrogens with one attached hydrogen (secondary N) is 1. The van der Waals surface area contributed by atoms with Crippen LogP contribution < -0.4 is 5.32 Å². The van der Waals surface area contributed by atoms with Gasteiger partial charge >= 0.3 is 0 Å². The molecular formula is C22H22FN5O4. The van der Waals surface area contributed by atoms with Crippen LogP contribution in [0.3, 0.4) is 0 Å². The van der Waals surface area contributed by atoms with Gasteiger partial charge in [-0.05, 0) is 29.8 Å². The Morgan fingerprint density at radius 1 is 1.16 bits per heavy atom. The summed E-state index contributed by atoms with van der Waals surface area (Å²) in [4.78, 5) is 25.3. The maximum atomic E-state index is 13.4. The van der Waals surface area contributed by atoms with E-state index in [9.17, 15) is 19.3 Å². The molecule has 1 saturated heterocycles. The van der Waals surface area contributed by atoms with Gasteiger partial charge in [0.05, 0.1) is 41.6 Å². The Balaban J connectivity index is 1.45. The van der Waals surface area contributed by atoms with Crippen molar-refractivity contribution in [1.82, 2.24) is 20.0 Å². The summed E-state index contributed by atoms with van der Waals surface area (Å²) in [5, 5.41) is 17.9. The summed E-state index contributed by atoms with van der Waals surface area (Å²) in [6.07, 6.45) is 3.01. The van der Waals surface area contributed by atoms with Crippen LogP contribution in [0.1, 0.15) is 22.0 Å². The summed E-state index contributed by atoms with van der Waals surface area (Å²) in [7, 11) is 0. The second kappa shape index (κ2) is 9.67. The molecule has 1 aliphatic heterocycles. The number of nitrogens with zero attached hydrogens (tertiary/aromatic N) is 4. The molecule has 2 aromatic carbocycles. The van der Waals surface area contributed by atoms with E-state index in [1.165, 1.54) is 35.1 Å². The second-order valence-corrected chi connectivity index (χ2v) is 7.37. The highest BCUT2D eigenvalue weighted by molar-refractivity contribution is 5.93. The van der Waals surface area contributed by atoms with E-state index >= 15 is 0 Å². The van der Waals surface area contributed by atoms with Crippen molar-refractivity contribution in [3.8, 4) is 5.69 Å². The molecule has 166 valence electrons. The van der Waals surface area contributed by atoms with Crippen molar-refractivity contribution in [3.63, 3.8) is 0 Å². The van der Waals surface area contributed by atoms with Crippen LogP contribution in [0.4, 0.5) is 10.1 Å². The second-order valence-electron chi connectivity index (χ2n) is 7.37. The SMILES string of the molecule is O=C(NCC(c1ccc(F)cc1)N1CCOCC1)c1cnn(-c2ccc([N+](=O)[O-])cc2)c1. The molecule has 0 radical (unpaired) electrons. The number of rotatable bonds is 7. The topological polar surface area (TPSA) is 103 Å². The van der Waals surface area contributed by atoms with E-state index in [4.69, 9.17) is 4.74 Å². The van der Waals surface area contributed by atoms with E-state index in [1.807, 2.05) is 0 Å². The number of nitro benzene ring substituents is 1. The molecule has 0 saturated carbocycles. The fourth-order valence-corrected chi connectivity index (χ4v) is 3.63. The van der Waals surface area contributed by atoms with E-state index in [-0.39, 0.29) is 23.5 Å². The third-order valence-corrected chi connectivity index (χ3v) is 5.37. The number of halogens is 1. The van der Waals surface area contributed by atoms with Gasteiger partial charge in [0.1, 0.15) is 5.82 Å². The minimum atomic E-state index is -0.474. The number of ether oxygens (including phenoxy) is 1. The van der Waals surface area contributed by atoms with Gasteiger partial charge in [-0.3, -0.25) is 19.8 Å². The Labute approximate surface area is 183 Å². The molecule has 1 fully saturated rings. The molecule has 0 bridgehead atoms. The van der Waals surface area contributed by atoms with Gasteiger partial charge in [-0.25, -0.2) is 9.07 Å².